The third-order valence-corrected chi connectivity index (χ3v) is 8.75. The number of nitrogens with zero attached hydrogens (tertiary/aromatic N) is 5. The first-order valence-electron chi connectivity index (χ1n) is 13.7. The molecule has 3 aliphatic rings. The van der Waals surface area contributed by atoms with Gasteiger partial charge < -0.3 is 14.2 Å². The van der Waals surface area contributed by atoms with Gasteiger partial charge in [0.2, 0.25) is 0 Å². The molecule has 1 saturated carbocycles. The predicted octanol–water partition coefficient (Wildman–Crippen LogP) is 6.08. The molecular weight excluding hydrogens is 470 g/mol. The van der Waals surface area contributed by atoms with Crippen molar-refractivity contribution < 1.29 is 4.79 Å². The molecule has 0 spiro atoms. The second-order valence-electron chi connectivity index (χ2n) is 10.7. The van der Waals surface area contributed by atoms with Crippen LogP contribution in [0.3, 0.4) is 0 Å². The molecule has 1 aromatic carbocycles. The number of fused-ring (bicyclic) bond motifs is 3. The van der Waals surface area contributed by atoms with Crippen molar-refractivity contribution in [3.63, 3.8) is 0 Å². The molecule has 2 saturated heterocycles. The molecular formula is C29H36ClN5O. The van der Waals surface area contributed by atoms with Crippen LogP contribution in [0.25, 0.3) is 16.9 Å². The number of piperazine rings is 1. The van der Waals surface area contributed by atoms with Crippen molar-refractivity contribution in [3.8, 4) is 11.3 Å². The summed E-state index contributed by atoms with van der Waals surface area (Å²) >= 11 is 6.16. The minimum Gasteiger partial charge on any atom is -0.322 e. The molecule has 4 heterocycles. The van der Waals surface area contributed by atoms with Crippen LogP contribution in [0.4, 0.5) is 4.79 Å². The third kappa shape index (κ3) is 4.39. The van der Waals surface area contributed by atoms with Crippen molar-refractivity contribution in [2.45, 2.75) is 76.5 Å². The van der Waals surface area contributed by atoms with E-state index in [0.29, 0.717) is 18.1 Å². The number of benzene rings is 1. The van der Waals surface area contributed by atoms with Gasteiger partial charge in [-0.1, -0.05) is 49.1 Å². The zero-order valence-corrected chi connectivity index (χ0v) is 21.9. The van der Waals surface area contributed by atoms with Crippen molar-refractivity contribution in [2.24, 2.45) is 0 Å². The Morgan fingerprint density at radius 2 is 1.72 bits per heavy atom. The summed E-state index contributed by atoms with van der Waals surface area (Å²) in [4.78, 5) is 25.7. The van der Waals surface area contributed by atoms with E-state index in [1.165, 1.54) is 25.0 Å². The van der Waals surface area contributed by atoms with E-state index in [0.717, 1.165) is 73.8 Å². The van der Waals surface area contributed by atoms with Crippen LogP contribution in [0.15, 0.2) is 48.7 Å². The quantitative estimate of drug-likeness (QED) is 0.422. The van der Waals surface area contributed by atoms with Crippen LogP contribution in [-0.4, -0.2) is 67.9 Å². The number of likely N-dealkylation sites (tertiary alicyclic amines) is 1. The summed E-state index contributed by atoms with van der Waals surface area (Å²) in [6, 6.07) is 15.4. The SMILES string of the molecule is CCN(C(=O)N1C2CCC1CN(Cc1c(-c3ccc(Cl)cc3)nc3ccccn13)C2)C1CCCCC1. The van der Waals surface area contributed by atoms with E-state index in [1.807, 2.05) is 18.2 Å². The Morgan fingerprint density at radius 1 is 1.00 bits per heavy atom. The Balaban J connectivity index is 1.23. The standard InChI is InChI=1S/C29H36ClN5O/c1-2-33(23-8-4-3-5-9-23)29(36)35-24-15-16-25(35)19-32(18-24)20-26-28(21-11-13-22(30)14-12-21)31-27-10-6-7-17-34(26)27/h6-7,10-14,17,23-25H,2-5,8-9,15-16,18-20H2,1H3. The highest BCUT2D eigenvalue weighted by Crippen LogP contribution is 2.35. The van der Waals surface area contributed by atoms with Gasteiger partial charge >= 0.3 is 6.03 Å². The Labute approximate surface area is 218 Å². The normalized spacial score (nSPS) is 22.9. The fourth-order valence-electron chi connectivity index (χ4n) is 6.77. The number of carbonyl (C=O) groups is 1. The highest BCUT2D eigenvalue weighted by molar-refractivity contribution is 6.30. The molecule has 2 aliphatic heterocycles. The van der Waals surface area contributed by atoms with Crippen molar-refractivity contribution in [1.82, 2.24) is 24.1 Å². The molecule has 3 aromatic rings. The van der Waals surface area contributed by atoms with E-state index in [1.54, 1.807) is 0 Å². The number of aromatic nitrogens is 2. The largest absolute Gasteiger partial charge is 0.322 e. The van der Waals surface area contributed by atoms with Crippen LogP contribution >= 0.6 is 11.6 Å². The lowest BCUT2D eigenvalue weighted by Gasteiger charge is -2.45. The van der Waals surface area contributed by atoms with Gasteiger partial charge in [-0.05, 0) is 56.9 Å². The topological polar surface area (TPSA) is 44.1 Å². The maximum atomic E-state index is 13.8. The van der Waals surface area contributed by atoms with Crippen molar-refractivity contribution in [3.05, 3.63) is 59.4 Å². The molecule has 36 heavy (non-hydrogen) atoms. The lowest BCUT2D eigenvalue weighted by atomic mass is 9.94. The fraction of sp³-hybridized carbons (Fsp3) is 0.517. The third-order valence-electron chi connectivity index (χ3n) is 8.50. The van der Waals surface area contributed by atoms with E-state index < -0.39 is 0 Å². The van der Waals surface area contributed by atoms with Crippen LogP contribution < -0.4 is 0 Å². The van der Waals surface area contributed by atoms with Crippen LogP contribution in [0.5, 0.6) is 0 Å². The number of hydrogen-bond donors (Lipinski definition) is 0. The molecule has 0 N–H and O–H groups in total. The summed E-state index contributed by atoms with van der Waals surface area (Å²) in [6.45, 7) is 5.62. The predicted molar refractivity (Wildman–Crippen MR) is 144 cm³/mol. The van der Waals surface area contributed by atoms with Gasteiger partial charge in [0.05, 0.1) is 11.4 Å². The fourth-order valence-corrected chi connectivity index (χ4v) is 6.90. The van der Waals surface area contributed by atoms with Crippen molar-refractivity contribution >= 4 is 23.3 Å². The first-order valence-corrected chi connectivity index (χ1v) is 14.0. The second-order valence-corrected chi connectivity index (χ2v) is 11.1. The maximum absolute atomic E-state index is 13.8. The lowest BCUT2D eigenvalue weighted by molar-refractivity contribution is 0.0546. The average Bonchev–Trinajstić information content (AvgIpc) is 3.40. The smallest absolute Gasteiger partial charge is 0.320 e. The van der Waals surface area contributed by atoms with Gasteiger partial charge in [0.1, 0.15) is 5.65 Å². The molecule has 1 aliphatic carbocycles. The molecule has 6 nitrogen and oxygen atoms in total. The molecule has 2 unspecified atom stereocenters. The first-order chi connectivity index (χ1) is 17.6. The van der Waals surface area contributed by atoms with Gasteiger partial charge in [0.25, 0.3) is 0 Å². The van der Waals surface area contributed by atoms with Gasteiger partial charge in [-0.15, -0.1) is 0 Å². The molecule has 190 valence electrons. The van der Waals surface area contributed by atoms with Crippen LogP contribution in [0.1, 0.15) is 57.6 Å². The van der Waals surface area contributed by atoms with Gasteiger partial charge in [0.15, 0.2) is 0 Å². The summed E-state index contributed by atoms with van der Waals surface area (Å²) < 4.78 is 2.21. The lowest BCUT2D eigenvalue weighted by Crippen LogP contribution is -2.60. The van der Waals surface area contributed by atoms with E-state index in [2.05, 4.69) is 56.5 Å². The van der Waals surface area contributed by atoms with Gasteiger partial charge in [0, 0.05) is 61.1 Å². The minimum absolute atomic E-state index is 0.285. The summed E-state index contributed by atoms with van der Waals surface area (Å²) in [5, 5.41) is 0.732. The van der Waals surface area contributed by atoms with Crippen LogP contribution in [0, 0.1) is 0 Å². The summed E-state index contributed by atoms with van der Waals surface area (Å²) in [5.74, 6) is 0. The Bertz CT molecular complexity index is 1200. The first kappa shape index (κ1) is 23.8. The van der Waals surface area contributed by atoms with Crippen LogP contribution in [-0.2, 0) is 6.54 Å². The molecule has 2 aromatic heterocycles. The Morgan fingerprint density at radius 3 is 2.42 bits per heavy atom. The zero-order chi connectivity index (χ0) is 24.6. The van der Waals surface area contributed by atoms with Crippen molar-refractivity contribution in [1.29, 1.82) is 0 Å². The van der Waals surface area contributed by atoms with E-state index >= 15 is 0 Å². The molecule has 6 rings (SSSR count). The maximum Gasteiger partial charge on any atom is 0.320 e. The molecule has 2 amide bonds. The molecule has 2 bridgehead atoms. The summed E-state index contributed by atoms with van der Waals surface area (Å²) in [7, 11) is 0. The van der Waals surface area contributed by atoms with Crippen LogP contribution in [0.2, 0.25) is 5.02 Å². The second kappa shape index (κ2) is 10.1. The number of pyridine rings is 1. The monoisotopic (exact) mass is 505 g/mol. The molecule has 0 radical (unpaired) electrons. The number of imidazole rings is 1. The number of carbonyl (C=O) groups excluding carboxylic acids is 1. The number of hydrogen-bond acceptors (Lipinski definition) is 3. The van der Waals surface area contributed by atoms with E-state index in [-0.39, 0.29) is 6.03 Å². The number of urea groups is 1. The number of halogens is 1. The minimum atomic E-state index is 0.285. The molecule has 7 heteroatoms. The zero-order valence-electron chi connectivity index (χ0n) is 21.2. The Kier molecular flexibility index (Phi) is 6.65. The van der Waals surface area contributed by atoms with Gasteiger partial charge in [-0.3, -0.25) is 4.90 Å². The average molecular weight is 506 g/mol. The van der Waals surface area contributed by atoms with E-state index in [4.69, 9.17) is 16.6 Å². The molecule has 2 atom stereocenters. The van der Waals surface area contributed by atoms with Gasteiger partial charge in [-0.2, -0.15) is 0 Å². The number of amides is 2. The molecule has 3 fully saturated rings. The van der Waals surface area contributed by atoms with E-state index in [9.17, 15) is 4.79 Å². The summed E-state index contributed by atoms with van der Waals surface area (Å²) in [6.07, 6.45) is 10.5. The van der Waals surface area contributed by atoms with Gasteiger partial charge in [-0.25, -0.2) is 9.78 Å². The Hall–Kier alpha value is -2.57. The highest BCUT2D eigenvalue weighted by atomic mass is 35.5. The van der Waals surface area contributed by atoms with Crippen molar-refractivity contribution in [2.75, 3.05) is 19.6 Å². The summed E-state index contributed by atoms with van der Waals surface area (Å²) in [5.41, 5.74) is 4.25. The highest BCUT2D eigenvalue weighted by Gasteiger charge is 2.45. The number of rotatable bonds is 5.